The maximum atomic E-state index is 12.1. The summed E-state index contributed by atoms with van der Waals surface area (Å²) in [6, 6.07) is 7.92. The fourth-order valence-corrected chi connectivity index (χ4v) is 5.55. The van der Waals surface area contributed by atoms with Crippen LogP contribution in [0.15, 0.2) is 24.3 Å². The number of carbonyl (C=O) groups excluding carboxylic acids is 1. The van der Waals surface area contributed by atoms with Crippen molar-refractivity contribution in [3.63, 3.8) is 0 Å². The molecule has 25 heavy (non-hydrogen) atoms. The van der Waals surface area contributed by atoms with Crippen LogP contribution in [0.4, 0.5) is 0 Å². The predicted molar refractivity (Wildman–Crippen MR) is 96.5 cm³/mol. The molecule has 1 amide bonds. The Kier molecular flexibility index (Phi) is 4.72. The first-order chi connectivity index (χ1) is 12.1. The highest BCUT2D eigenvalue weighted by molar-refractivity contribution is 5.77. The van der Waals surface area contributed by atoms with Crippen molar-refractivity contribution < 1.29 is 14.3 Å². The first-order valence-corrected chi connectivity index (χ1v) is 9.71. The van der Waals surface area contributed by atoms with Gasteiger partial charge in [-0.15, -0.1) is 0 Å². The maximum absolute atomic E-state index is 12.1. The smallest absolute Gasteiger partial charge is 0.246 e. The molecule has 136 valence electrons. The molecule has 0 aromatic heterocycles. The molecule has 0 atom stereocenters. The van der Waals surface area contributed by atoms with Crippen LogP contribution in [0, 0.1) is 24.7 Å². The minimum atomic E-state index is -0.0240. The van der Waals surface area contributed by atoms with E-state index in [0.717, 1.165) is 29.1 Å². The Labute approximate surface area is 150 Å². The lowest BCUT2D eigenvalue weighted by molar-refractivity contribution is -0.170. The minimum absolute atomic E-state index is 0.00371. The van der Waals surface area contributed by atoms with E-state index in [2.05, 4.69) is 5.32 Å². The second-order valence-corrected chi connectivity index (χ2v) is 8.35. The van der Waals surface area contributed by atoms with Crippen molar-refractivity contribution in [3.8, 4) is 5.75 Å². The Morgan fingerprint density at radius 3 is 2.40 bits per heavy atom. The van der Waals surface area contributed by atoms with E-state index in [-0.39, 0.29) is 18.1 Å². The minimum Gasteiger partial charge on any atom is -0.491 e. The van der Waals surface area contributed by atoms with Gasteiger partial charge < -0.3 is 14.8 Å². The number of hydrogen-bond acceptors (Lipinski definition) is 3. The van der Waals surface area contributed by atoms with E-state index >= 15 is 0 Å². The molecular formula is C21H29NO3. The average Bonchev–Trinajstić information content (AvgIpc) is 2.57. The highest BCUT2D eigenvalue weighted by Crippen LogP contribution is 2.57. The molecule has 0 saturated heterocycles. The van der Waals surface area contributed by atoms with Gasteiger partial charge in [0.1, 0.15) is 19.0 Å². The highest BCUT2D eigenvalue weighted by Gasteiger charge is 2.51. The van der Waals surface area contributed by atoms with Gasteiger partial charge in [0.25, 0.3) is 0 Å². The first kappa shape index (κ1) is 16.9. The van der Waals surface area contributed by atoms with Crippen molar-refractivity contribution in [1.82, 2.24) is 5.32 Å². The van der Waals surface area contributed by atoms with E-state index in [4.69, 9.17) is 9.47 Å². The van der Waals surface area contributed by atoms with Gasteiger partial charge in [-0.2, -0.15) is 0 Å². The zero-order valence-corrected chi connectivity index (χ0v) is 15.1. The van der Waals surface area contributed by atoms with Gasteiger partial charge in [-0.3, -0.25) is 4.79 Å². The summed E-state index contributed by atoms with van der Waals surface area (Å²) < 4.78 is 11.9. The molecule has 0 heterocycles. The molecule has 1 aromatic rings. The summed E-state index contributed by atoms with van der Waals surface area (Å²) >= 11 is 0. The van der Waals surface area contributed by atoms with E-state index in [1.54, 1.807) is 0 Å². The second-order valence-electron chi connectivity index (χ2n) is 8.35. The van der Waals surface area contributed by atoms with Crippen molar-refractivity contribution in [2.24, 2.45) is 17.8 Å². The van der Waals surface area contributed by atoms with E-state index in [0.29, 0.717) is 13.2 Å². The molecule has 1 N–H and O–H groups in total. The Morgan fingerprint density at radius 2 is 1.76 bits per heavy atom. The number of benzene rings is 1. The molecule has 4 heteroatoms. The summed E-state index contributed by atoms with van der Waals surface area (Å²) in [6.07, 6.45) is 7.69. The van der Waals surface area contributed by atoms with Crippen LogP contribution in [-0.2, 0) is 9.53 Å². The number of ether oxygens (including phenoxy) is 2. The number of para-hydroxylation sites is 1. The molecule has 4 fully saturated rings. The molecule has 4 nitrogen and oxygen atoms in total. The van der Waals surface area contributed by atoms with Gasteiger partial charge in [0.05, 0.1) is 12.1 Å². The molecule has 0 radical (unpaired) electrons. The topological polar surface area (TPSA) is 47.6 Å². The molecule has 4 aliphatic rings. The van der Waals surface area contributed by atoms with Gasteiger partial charge in [0.2, 0.25) is 5.91 Å². The second kappa shape index (κ2) is 6.99. The monoisotopic (exact) mass is 343 g/mol. The molecule has 4 saturated carbocycles. The van der Waals surface area contributed by atoms with E-state index in [9.17, 15) is 4.79 Å². The van der Waals surface area contributed by atoms with E-state index in [1.807, 2.05) is 31.2 Å². The third-order valence-electron chi connectivity index (χ3n) is 6.27. The van der Waals surface area contributed by atoms with Crippen LogP contribution in [0.5, 0.6) is 5.75 Å². The van der Waals surface area contributed by atoms with Crippen LogP contribution in [0.2, 0.25) is 0 Å². The van der Waals surface area contributed by atoms with Crippen LogP contribution in [-0.4, -0.2) is 31.3 Å². The standard InChI is InChI=1S/C21H29NO3/c1-15-4-2-3-5-19(15)24-7-6-22-20(23)14-25-21-11-16-8-17(12-21)10-18(9-16)13-21/h2-5,16-18H,6-14H2,1H3,(H,22,23). The Morgan fingerprint density at radius 1 is 1.12 bits per heavy atom. The van der Waals surface area contributed by atoms with E-state index < -0.39 is 0 Å². The average molecular weight is 343 g/mol. The zero-order valence-electron chi connectivity index (χ0n) is 15.1. The summed E-state index contributed by atoms with van der Waals surface area (Å²) in [5, 5.41) is 2.92. The summed E-state index contributed by atoms with van der Waals surface area (Å²) in [4.78, 5) is 12.1. The lowest BCUT2D eigenvalue weighted by atomic mass is 9.54. The van der Waals surface area contributed by atoms with Crippen LogP contribution >= 0.6 is 0 Å². The number of nitrogens with one attached hydrogen (secondary N) is 1. The molecule has 1 aromatic carbocycles. The number of carbonyl (C=O) groups is 1. The van der Waals surface area contributed by atoms with Gasteiger partial charge in [-0.25, -0.2) is 0 Å². The molecule has 0 aliphatic heterocycles. The molecule has 0 unspecified atom stereocenters. The first-order valence-electron chi connectivity index (χ1n) is 9.71. The normalized spacial score (nSPS) is 32.6. The van der Waals surface area contributed by atoms with Crippen molar-refractivity contribution >= 4 is 5.91 Å². The lowest BCUT2D eigenvalue weighted by Gasteiger charge is -2.56. The quantitative estimate of drug-likeness (QED) is 0.771. The number of aryl methyl sites for hydroxylation is 1. The molecule has 0 spiro atoms. The fraction of sp³-hybridized carbons (Fsp3) is 0.667. The largest absolute Gasteiger partial charge is 0.491 e. The van der Waals surface area contributed by atoms with Gasteiger partial charge in [0, 0.05) is 0 Å². The van der Waals surface area contributed by atoms with Gasteiger partial charge in [-0.1, -0.05) is 18.2 Å². The molecule has 5 rings (SSSR count). The Bertz CT molecular complexity index is 592. The van der Waals surface area contributed by atoms with Crippen molar-refractivity contribution in [2.75, 3.05) is 19.8 Å². The van der Waals surface area contributed by atoms with Crippen molar-refractivity contribution in [3.05, 3.63) is 29.8 Å². The van der Waals surface area contributed by atoms with Crippen molar-refractivity contribution in [2.45, 2.75) is 51.0 Å². The maximum Gasteiger partial charge on any atom is 0.246 e. The van der Waals surface area contributed by atoms with Gasteiger partial charge >= 0.3 is 0 Å². The number of hydrogen-bond donors (Lipinski definition) is 1. The Balaban J connectivity index is 1.18. The van der Waals surface area contributed by atoms with Crippen LogP contribution in [0.1, 0.15) is 44.1 Å². The summed E-state index contributed by atoms with van der Waals surface area (Å²) in [6.45, 7) is 3.20. The van der Waals surface area contributed by atoms with Gasteiger partial charge in [-0.05, 0) is 74.8 Å². The summed E-state index contributed by atoms with van der Waals surface area (Å²) in [7, 11) is 0. The summed E-state index contributed by atoms with van der Waals surface area (Å²) in [5.74, 6) is 3.39. The number of amides is 1. The van der Waals surface area contributed by atoms with Crippen LogP contribution in [0.3, 0.4) is 0 Å². The van der Waals surface area contributed by atoms with Crippen molar-refractivity contribution in [1.29, 1.82) is 0 Å². The molecule has 4 aliphatic carbocycles. The van der Waals surface area contributed by atoms with E-state index in [1.165, 1.54) is 38.5 Å². The molecule has 4 bridgehead atoms. The number of rotatable bonds is 7. The lowest BCUT2D eigenvalue weighted by Crippen LogP contribution is -2.53. The fourth-order valence-electron chi connectivity index (χ4n) is 5.55. The zero-order chi connectivity index (χ0) is 17.3. The third kappa shape index (κ3) is 3.84. The molecular weight excluding hydrogens is 314 g/mol. The van der Waals surface area contributed by atoms with Crippen LogP contribution in [0.25, 0.3) is 0 Å². The van der Waals surface area contributed by atoms with Gasteiger partial charge in [0.15, 0.2) is 0 Å². The SMILES string of the molecule is Cc1ccccc1OCCNC(=O)COC12CC3CC(CC(C3)C1)C2. The predicted octanol–water partition coefficient (Wildman–Crippen LogP) is 3.48. The summed E-state index contributed by atoms with van der Waals surface area (Å²) in [5.41, 5.74) is 1.11. The third-order valence-corrected chi connectivity index (χ3v) is 6.27. The highest BCUT2D eigenvalue weighted by atomic mass is 16.5. The Hall–Kier alpha value is -1.55. The van der Waals surface area contributed by atoms with Crippen LogP contribution < -0.4 is 10.1 Å².